The Kier molecular flexibility index (Phi) is 3.01. The van der Waals surface area contributed by atoms with Crippen LogP contribution >= 0.6 is 0 Å². The van der Waals surface area contributed by atoms with E-state index in [9.17, 15) is 9.59 Å². The van der Waals surface area contributed by atoms with Crippen LogP contribution in [0.5, 0.6) is 0 Å². The zero-order valence-corrected chi connectivity index (χ0v) is 12.5. The number of methoxy groups -OCH3 is 1. The molecule has 0 N–H and O–H groups in total. The maximum atomic E-state index is 12.9. The Hall–Kier alpha value is -2.95. The molecular formula is C18H14N2O3. The van der Waals surface area contributed by atoms with Crippen LogP contribution in [0.2, 0.25) is 0 Å². The lowest BCUT2D eigenvalue weighted by molar-refractivity contribution is -0.144. The molecule has 0 unspecified atom stereocenters. The van der Waals surface area contributed by atoms with Gasteiger partial charge in [-0.3, -0.25) is 9.36 Å². The second-order valence-corrected chi connectivity index (χ2v) is 5.53. The Bertz CT molecular complexity index is 991. The zero-order chi connectivity index (χ0) is 16.0. The van der Waals surface area contributed by atoms with Crippen LogP contribution in [0.4, 0.5) is 0 Å². The van der Waals surface area contributed by atoms with Gasteiger partial charge >= 0.3 is 5.97 Å². The normalized spacial score (nSPS) is 15.8. The Balaban J connectivity index is 2.12. The van der Waals surface area contributed by atoms with Crippen molar-refractivity contribution in [2.24, 2.45) is 0 Å². The molecule has 1 aromatic heterocycles. The number of carbonyl (C=O) groups excluding carboxylic acids is 1. The monoisotopic (exact) mass is 306 g/mol. The van der Waals surface area contributed by atoms with Gasteiger partial charge in [0.1, 0.15) is 11.9 Å². The van der Waals surface area contributed by atoms with Gasteiger partial charge < -0.3 is 4.74 Å². The van der Waals surface area contributed by atoms with Crippen LogP contribution in [0.15, 0.2) is 53.3 Å². The van der Waals surface area contributed by atoms with Gasteiger partial charge in [-0.05, 0) is 17.7 Å². The smallest absolute Gasteiger partial charge is 0.329 e. The van der Waals surface area contributed by atoms with Crippen molar-refractivity contribution < 1.29 is 9.53 Å². The second kappa shape index (κ2) is 5.05. The molecule has 0 saturated carbocycles. The molecule has 5 heteroatoms. The molecule has 3 aromatic rings. The SMILES string of the molecule is COC(=O)[C@H]1Cc2ccccc2-c2nc3ccccc3c(=O)n21. The van der Waals surface area contributed by atoms with E-state index in [1.807, 2.05) is 36.4 Å². The molecular weight excluding hydrogens is 292 g/mol. The van der Waals surface area contributed by atoms with Gasteiger partial charge in [0, 0.05) is 12.0 Å². The number of rotatable bonds is 1. The van der Waals surface area contributed by atoms with Crippen molar-refractivity contribution in [1.29, 1.82) is 0 Å². The molecule has 4 rings (SSSR count). The van der Waals surface area contributed by atoms with Crippen LogP contribution in [-0.4, -0.2) is 22.6 Å². The fourth-order valence-electron chi connectivity index (χ4n) is 3.17. The molecule has 0 spiro atoms. The number of carbonyl (C=O) groups is 1. The minimum atomic E-state index is -0.686. The van der Waals surface area contributed by atoms with Gasteiger partial charge in [0.05, 0.1) is 18.0 Å². The predicted octanol–water partition coefficient (Wildman–Crippen LogP) is 2.33. The third kappa shape index (κ3) is 1.97. The number of hydrogen-bond donors (Lipinski definition) is 0. The Labute approximate surface area is 132 Å². The number of para-hydroxylation sites is 1. The van der Waals surface area contributed by atoms with E-state index in [-0.39, 0.29) is 5.56 Å². The van der Waals surface area contributed by atoms with Gasteiger partial charge in [0.25, 0.3) is 5.56 Å². The molecule has 23 heavy (non-hydrogen) atoms. The summed E-state index contributed by atoms with van der Waals surface area (Å²) in [7, 11) is 1.34. The highest BCUT2D eigenvalue weighted by molar-refractivity contribution is 5.83. The number of benzene rings is 2. The van der Waals surface area contributed by atoms with Crippen molar-refractivity contribution in [2.45, 2.75) is 12.5 Å². The molecule has 2 heterocycles. The third-order valence-corrected chi connectivity index (χ3v) is 4.26. The maximum absolute atomic E-state index is 12.9. The van der Waals surface area contributed by atoms with Crippen molar-refractivity contribution in [3.8, 4) is 11.4 Å². The lowest BCUT2D eigenvalue weighted by Gasteiger charge is -2.27. The number of ether oxygens (including phenoxy) is 1. The van der Waals surface area contributed by atoms with Crippen molar-refractivity contribution in [2.75, 3.05) is 7.11 Å². The van der Waals surface area contributed by atoms with E-state index in [1.54, 1.807) is 12.1 Å². The molecule has 1 aliphatic rings. The molecule has 1 atom stereocenters. The van der Waals surface area contributed by atoms with E-state index in [0.29, 0.717) is 23.1 Å². The zero-order valence-electron chi connectivity index (χ0n) is 12.5. The van der Waals surface area contributed by atoms with Crippen LogP contribution in [0.1, 0.15) is 11.6 Å². The van der Waals surface area contributed by atoms with Gasteiger partial charge in [-0.25, -0.2) is 9.78 Å². The minimum Gasteiger partial charge on any atom is -0.467 e. The summed E-state index contributed by atoms with van der Waals surface area (Å²) in [5.41, 5.74) is 2.29. The van der Waals surface area contributed by atoms with Crippen LogP contribution in [-0.2, 0) is 16.0 Å². The Morgan fingerprint density at radius 2 is 1.91 bits per heavy atom. The van der Waals surface area contributed by atoms with Crippen molar-refractivity contribution in [1.82, 2.24) is 9.55 Å². The molecule has 0 amide bonds. The maximum Gasteiger partial charge on any atom is 0.329 e. The summed E-state index contributed by atoms with van der Waals surface area (Å²) in [6, 6.07) is 14.2. The summed E-state index contributed by atoms with van der Waals surface area (Å²) in [6.45, 7) is 0. The average molecular weight is 306 g/mol. The summed E-state index contributed by atoms with van der Waals surface area (Å²) >= 11 is 0. The topological polar surface area (TPSA) is 61.2 Å². The minimum absolute atomic E-state index is 0.212. The fraction of sp³-hybridized carbons (Fsp3) is 0.167. The van der Waals surface area contributed by atoms with Gasteiger partial charge in [-0.1, -0.05) is 36.4 Å². The molecule has 5 nitrogen and oxygen atoms in total. The number of fused-ring (bicyclic) bond motifs is 4. The fourth-order valence-corrected chi connectivity index (χ4v) is 3.17. The first-order valence-corrected chi connectivity index (χ1v) is 7.38. The van der Waals surface area contributed by atoms with E-state index in [1.165, 1.54) is 11.7 Å². The summed E-state index contributed by atoms with van der Waals surface area (Å²) < 4.78 is 6.37. The summed E-state index contributed by atoms with van der Waals surface area (Å²) in [5.74, 6) is 0.0888. The summed E-state index contributed by atoms with van der Waals surface area (Å²) in [4.78, 5) is 29.8. The molecule has 0 saturated heterocycles. The lowest BCUT2D eigenvalue weighted by Crippen LogP contribution is -2.36. The molecule has 2 aromatic carbocycles. The second-order valence-electron chi connectivity index (χ2n) is 5.53. The predicted molar refractivity (Wildman–Crippen MR) is 86.2 cm³/mol. The van der Waals surface area contributed by atoms with E-state index in [2.05, 4.69) is 4.98 Å². The van der Waals surface area contributed by atoms with Crippen molar-refractivity contribution in [3.05, 3.63) is 64.4 Å². The number of hydrogen-bond acceptors (Lipinski definition) is 4. The van der Waals surface area contributed by atoms with E-state index in [4.69, 9.17) is 4.74 Å². The van der Waals surface area contributed by atoms with Gasteiger partial charge in [-0.15, -0.1) is 0 Å². The van der Waals surface area contributed by atoms with Crippen LogP contribution in [0, 0.1) is 0 Å². The van der Waals surface area contributed by atoms with Crippen LogP contribution < -0.4 is 5.56 Å². The first-order valence-electron chi connectivity index (χ1n) is 7.38. The van der Waals surface area contributed by atoms with Gasteiger partial charge in [0.15, 0.2) is 0 Å². The van der Waals surface area contributed by atoms with Gasteiger partial charge in [0.2, 0.25) is 0 Å². The van der Waals surface area contributed by atoms with E-state index >= 15 is 0 Å². The highest BCUT2D eigenvalue weighted by Gasteiger charge is 2.32. The summed E-state index contributed by atoms with van der Waals surface area (Å²) in [6.07, 6.45) is 0.426. The Morgan fingerprint density at radius 3 is 2.74 bits per heavy atom. The Morgan fingerprint density at radius 1 is 1.17 bits per heavy atom. The van der Waals surface area contributed by atoms with Crippen molar-refractivity contribution in [3.63, 3.8) is 0 Å². The average Bonchev–Trinajstić information content (AvgIpc) is 2.60. The highest BCUT2D eigenvalue weighted by Crippen LogP contribution is 2.33. The molecule has 114 valence electrons. The third-order valence-electron chi connectivity index (χ3n) is 4.26. The van der Waals surface area contributed by atoms with Crippen LogP contribution in [0.25, 0.3) is 22.3 Å². The van der Waals surface area contributed by atoms with Crippen LogP contribution in [0.3, 0.4) is 0 Å². The quantitative estimate of drug-likeness (QED) is 0.647. The molecule has 0 radical (unpaired) electrons. The molecule has 0 fully saturated rings. The number of aromatic nitrogens is 2. The first-order chi connectivity index (χ1) is 11.2. The molecule has 1 aliphatic heterocycles. The van der Waals surface area contributed by atoms with Crippen molar-refractivity contribution >= 4 is 16.9 Å². The standard InChI is InChI=1S/C18H14N2O3/c1-23-18(22)15-10-11-6-2-3-7-12(11)16-19-14-9-5-4-8-13(14)17(21)20(15)16/h2-9,15H,10H2,1H3/t15-/m1/s1. The first kappa shape index (κ1) is 13.7. The number of esters is 1. The largest absolute Gasteiger partial charge is 0.467 e. The highest BCUT2D eigenvalue weighted by atomic mass is 16.5. The van der Waals surface area contributed by atoms with E-state index < -0.39 is 12.0 Å². The summed E-state index contributed by atoms with van der Waals surface area (Å²) in [5, 5.41) is 0.504. The molecule has 0 aliphatic carbocycles. The van der Waals surface area contributed by atoms with E-state index in [0.717, 1.165) is 11.1 Å². The lowest BCUT2D eigenvalue weighted by atomic mass is 9.94. The molecule has 0 bridgehead atoms. The van der Waals surface area contributed by atoms with Gasteiger partial charge in [-0.2, -0.15) is 0 Å². The number of nitrogens with zero attached hydrogens (tertiary/aromatic N) is 2.